The predicted octanol–water partition coefficient (Wildman–Crippen LogP) is -3.23. The van der Waals surface area contributed by atoms with Crippen LogP contribution in [-0.2, 0) is 9.59 Å². The summed E-state index contributed by atoms with van der Waals surface area (Å²) in [7, 11) is 0. The molecule has 1 amide bonds. The van der Waals surface area contributed by atoms with Gasteiger partial charge in [-0.2, -0.15) is 0 Å². The molecule has 0 fully saturated rings. The SMILES string of the molecule is [2H]C(=O)C(NC(C)=O)C([2H])(O)C(O)C([2H])(O)C([2H])([2H])O. The van der Waals surface area contributed by atoms with Gasteiger partial charge in [-0.25, -0.2) is 0 Å². The van der Waals surface area contributed by atoms with Crippen molar-refractivity contribution in [1.82, 2.24) is 5.32 Å². The average Bonchev–Trinajstić information content (AvgIpc) is 2.22. The van der Waals surface area contributed by atoms with Gasteiger partial charge in [-0.1, -0.05) is 0 Å². The molecule has 0 aliphatic rings. The van der Waals surface area contributed by atoms with Gasteiger partial charge in [0.2, 0.25) is 5.91 Å². The zero-order valence-corrected chi connectivity index (χ0v) is 7.76. The van der Waals surface area contributed by atoms with Crippen LogP contribution in [0.4, 0.5) is 0 Å². The second-order valence-corrected chi connectivity index (χ2v) is 2.58. The second kappa shape index (κ2) is 6.46. The summed E-state index contributed by atoms with van der Waals surface area (Å²) in [5.41, 5.74) is 0. The molecule has 0 rings (SSSR count). The number of carbonyl (C=O) groups is 2. The molecule has 88 valence electrons. The van der Waals surface area contributed by atoms with Crippen molar-refractivity contribution in [2.75, 3.05) is 6.56 Å². The minimum atomic E-state index is -3.80. The van der Waals surface area contributed by atoms with E-state index in [1.807, 2.05) is 0 Å². The van der Waals surface area contributed by atoms with Gasteiger partial charge in [0, 0.05) is 6.92 Å². The number of amides is 1. The Morgan fingerprint density at radius 2 is 2.20 bits per heavy atom. The molecule has 0 radical (unpaired) electrons. The molecule has 7 nitrogen and oxygen atoms in total. The van der Waals surface area contributed by atoms with Crippen LogP contribution in [0.5, 0.6) is 0 Å². The third-order valence-corrected chi connectivity index (χ3v) is 1.41. The Kier molecular flexibility index (Phi) is 3.14. The lowest BCUT2D eigenvalue weighted by molar-refractivity contribution is -0.129. The molecule has 4 unspecified atom stereocenters. The Morgan fingerprint density at radius 1 is 1.67 bits per heavy atom. The van der Waals surface area contributed by atoms with Crippen LogP contribution in [0.3, 0.4) is 0 Å². The van der Waals surface area contributed by atoms with E-state index in [0.717, 1.165) is 6.92 Å². The Balaban J connectivity index is 5.58. The monoisotopic (exact) mass is 226 g/mol. The third-order valence-electron chi connectivity index (χ3n) is 1.41. The van der Waals surface area contributed by atoms with E-state index in [2.05, 4.69) is 0 Å². The summed E-state index contributed by atoms with van der Waals surface area (Å²) in [6.07, 6.45) is -12.1. The highest BCUT2D eigenvalue weighted by Gasteiger charge is 2.31. The van der Waals surface area contributed by atoms with Gasteiger partial charge in [0.1, 0.15) is 31.9 Å². The number of rotatable bonds is 6. The van der Waals surface area contributed by atoms with Gasteiger partial charge >= 0.3 is 0 Å². The van der Waals surface area contributed by atoms with Crippen LogP contribution in [0.15, 0.2) is 0 Å². The number of hydrogen-bond acceptors (Lipinski definition) is 6. The highest BCUT2D eigenvalue weighted by Crippen LogP contribution is 2.03. The fourth-order valence-electron chi connectivity index (χ4n) is 0.726. The number of aliphatic hydroxyl groups is 4. The van der Waals surface area contributed by atoms with Gasteiger partial charge in [0.05, 0.1) is 12.0 Å². The van der Waals surface area contributed by atoms with Crippen LogP contribution in [0.1, 0.15) is 13.8 Å². The highest BCUT2D eigenvalue weighted by molar-refractivity contribution is 5.77. The van der Waals surface area contributed by atoms with Crippen LogP contribution in [0, 0.1) is 0 Å². The summed E-state index contributed by atoms with van der Waals surface area (Å²) in [4.78, 5) is 21.8. The van der Waals surface area contributed by atoms with E-state index in [4.69, 9.17) is 12.0 Å². The van der Waals surface area contributed by atoms with Crippen LogP contribution >= 0.6 is 0 Å². The van der Waals surface area contributed by atoms with Gasteiger partial charge in [-0.15, -0.1) is 0 Å². The molecule has 0 saturated heterocycles. The van der Waals surface area contributed by atoms with Gasteiger partial charge < -0.3 is 30.5 Å². The van der Waals surface area contributed by atoms with Gasteiger partial charge in [-0.3, -0.25) is 4.79 Å². The van der Waals surface area contributed by atoms with Crippen molar-refractivity contribution in [3.63, 3.8) is 0 Å². The standard InChI is InChI=1S/C8H15NO6/c1-4(12)9-5(2-10)7(14)8(15)6(13)3-11/h2,5-8,11,13-15H,3H2,1H3,(H,9,12)/i2D,3D2,6D,7D. The lowest BCUT2D eigenvalue weighted by Crippen LogP contribution is -2.53. The van der Waals surface area contributed by atoms with Crippen LogP contribution < -0.4 is 5.32 Å². The molecule has 0 heterocycles. The van der Waals surface area contributed by atoms with Crippen molar-refractivity contribution in [3.05, 3.63) is 0 Å². The first kappa shape index (κ1) is 7.29. The lowest BCUT2D eigenvalue weighted by atomic mass is 10.0. The summed E-state index contributed by atoms with van der Waals surface area (Å²) in [6.45, 7) is -2.89. The Bertz CT molecular complexity index is 395. The molecule has 0 aromatic carbocycles. The Hall–Kier alpha value is -1.02. The Labute approximate surface area is 93.4 Å². The first-order valence-corrected chi connectivity index (χ1v) is 3.78. The number of aliphatic hydroxyl groups excluding tert-OH is 1. The number of carbonyl (C=O) groups excluding carboxylic acids is 2. The molecule has 0 aromatic heterocycles. The van der Waals surface area contributed by atoms with E-state index in [1.54, 1.807) is 5.32 Å². The molecule has 0 bridgehead atoms. The molecule has 0 spiro atoms. The van der Waals surface area contributed by atoms with Gasteiger partial charge in [0.25, 0.3) is 0 Å². The molecule has 0 aliphatic carbocycles. The zero-order chi connectivity index (χ0) is 16.5. The van der Waals surface area contributed by atoms with Gasteiger partial charge in [-0.05, 0) is 0 Å². The first-order valence-electron chi connectivity index (χ1n) is 6.28. The summed E-state index contributed by atoms with van der Waals surface area (Å²) in [5.74, 6) is -0.964. The summed E-state index contributed by atoms with van der Waals surface area (Å²) in [6, 6.07) is -2.37. The zero-order valence-electron chi connectivity index (χ0n) is 12.8. The molecule has 15 heavy (non-hydrogen) atoms. The lowest BCUT2D eigenvalue weighted by Gasteiger charge is -2.25. The normalized spacial score (nSPS) is 28.7. The van der Waals surface area contributed by atoms with Crippen molar-refractivity contribution in [2.24, 2.45) is 0 Å². The van der Waals surface area contributed by atoms with Crippen LogP contribution in [0.2, 0.25) is 0 Å². The molecule has 0 aromatic rings. The highest BCUT2D eigenvalue weighted by atomic mass is 16.4. The maximum atomic E-state index is 11.0. The molecule has 4 atom stereocenters. The van der Waals surface area contributed by atoms with E-state index in [9.17, 15) is 24.9 Å². The third kappa shape index (κ3) is 4.34. The summed E-state index contributed by atoms with van der Waals surface area (Å²) < 4.78 is 34.7. The molecule has 7 heteroatoms. The second-order valence-electron chi connectivity index (χ2n) is 2.58. The molecule has 0 saturated carbocycles. The molecule has 5 N–H and O–H groups in total. The Morgan fingerprint density at radius 3 is 2.53 bits per heavy atom. The van der Waals surface area contributed by atoms with E-state index < -0.39 is 43.0 Å². The maximum absolute atomic E-state index is 11.0. The minimum Gasteiger partial charge on any atom is -0.394 e. The molecular formula is C8H15NO6. The largest absolute Gasteiger partial charge is 0.394 e. The van der Waals surface area contributed by atoms with E-state index in [0.29, 0.717) is 0 Å². The van der Waals surface area contributed by atoms with Crippen molar-refractivity contribution in [3.8, 4) is 0 Å². The van der Waals surface area contributed by atoms with Crippen LogP contribution in [0.25, 0.3) is 0 Å². The minimum absolute atomic E-state index is 0.872. The van der Waals surface area contributed by atoms with E-state index >= 15 is 0 Å². The number of nitrogens with one attached hydrogen (secondary N) is 1. The van der Waals surface area contributed by atoms with Crippen LogP contribution in [-0.4, -0.2) is 63.5 Å². The number of aldehydes is 1. The van der Waals surface area contributed by atoms with E-state index in [1.165, 1.54) is 0 Å². The van der Waals surface area contributed by atoms with Crippen molar-refractivity contribution in [1.29, 1.82) is 0 Å². The molecule has 0 aliphatic heterocycles. The quantitative estimate of drug-likeness (QED) is 0.303. The fourth-order valence-corrected chi connectivity index (χ4v) is 0.726. The maximum Gasteiger partial charge on any atom is 0.217 e. The molecular weight excluding hydrogens is 206 g/mol. The fraction of sp³-hybridized carbons (Fsp3) is 0.750. The van der Waals surface area contributed by atoms with Crippen molar-refractivity contribution >= 4 is 12.2 Å². The average molecular weight is 226 g/mol. The smallest absolute Gasteiger partial charge is 0.217 e. The first-order chi connectivity index (χ1) is 8.65. The number of hydrogen-bond donors (Lipinski definition) is 5. The van der Waals surface area contributed by atoms with Gasteiger partial charge in [0.15, 0.2) is 0 Å². The topological polar surface area (TPSA) is 127 Å². The van der Waals surface area contributed by atoms with Crippen molar-refractivity contribution < 1.29 is 36.9 Å². The summed E-state index contributed by atoms with van der Waals surface area (Å²) in [5, 5.41) is 39.1. The predicted molar refractivity (Wildman–Crippen MR) is 48.8 cm³/mol. The van der Waals surface area contributed by atoms with E-state index in [-0.39, 0.29) is 0 Å². The summed E-state index contributed by atoms with van der Waals surface area (Å²) >= 11 is 0. The van der Waals surface area contributed by atoms with Crippen molar-refractivity contribution in [2.45, 2.75) is 31.2 Å².